The standard InChI is InChI=1S/C6H3ClINO/c7-6(10)5-3-4(8)1-2-9-5/h1-3H. The zero-order chi connectivity index (χ0) is 7.56. The first kappa shape index (κ1) is 7.94. The van der Waals surface area contributed by atoms with E-state index in [1.54, 1.807) is 18.3 Å². The highest BCUT2D eigenvalue weighted by Crippen LogP contribution is 2.06. The fourth-order valence-corrected chi connectivity index (χ4v) is 1.07. The van der Waals surface area contributed by atoms with Crippen molar-refractivity contribution >= 4 is 39.4 Å². The average Bonchev–Trinajstić information content (AvgIpc) is 1.88. The quantitative estimate of drug-likeness (QED) is 0.576. The molecule has 1 aromatic heterocycles. The Morgan fingerprint density at radius 2 is 2.40 bits per heavy atom. The molecule has 0 unspecified atom stereocenters. The fourth-order valence-electron chi connectivity index (χ4n) is 0.512. The number of nitrogens with zero attached hydrogens (tertiary/aromatic N) is 1. The highest BCUT2D eigenvalue weighted by molar-refractivity contribution is 14.1. The topological polar surface area (TPSA) is 30.0 Å². The van der Waals surface area contributed by atoms with Gasteiger partial charge in [0.25, 0.3) is 5.24 Å². The molecule has 52 valence electrons. The first-order valence-corrected chi connectivity index (χ1v) is 3.97. The zero-order valence-electron chi connectivity index (χ0n) is 4.84. The Hall–Kier alpha value is -0.160. The van der Waals surface area contributed by atoms with Gasteiger partial charge in [-0.3, -0.25) is 9.78 Å². The van der Waals surface area contributed by atoms with E-state index in [1.165, 1.54) is 0 Å². The van der Waals surface area contributed by atoms with Gasteiger partial charge in [0.15, 0.2) is 0 Å². The van der Waals surface area contributed by atoms with Crippen molar-refractivity contribution in [2.45, 2.75) is 0 Å². The third-order valence-corrected chi connectivity index (χ3v) is 1.79. The van der Waals surface area contributed by atoms with Crippen molar-refractivity contribution in [2.24, 2.45) is 0 Å². The monoisotopic (exact) mass is 267 g/mol. The van der Waals surface area contributed by atoms with Gasteiger partial charge in [0, 0.05) is 9.77 Å². The molecule has 1 heterocycles. The Bertz CT molecular complexity index is 264. The minimum absolute atomic E-state index is 0.300. The molecule has 1 aromatic rings. The van der Waals surface area contributed by atoms with Gasteiger partial charge in [-0.15, -0.1) is 0 Å². The molecule has 0 bridgehead atoms. The highest BCUT2D eigenvalue weighted by Gasteiger charge is 2.01. The van der Waals surface area contributed by atoms with Gasteiger partial charge in [-0.25, -0.2) is 0 Å². The van der Waals surface area contributed by atoms with Crippen LogP contribution in [0.3, 0.4) is 0 Å². The van der Waals surface area contributed by atoms with Crippen molar-refractivity contribution in [3.63, 3.8) is 0 Å². The molecule has 2 nitrogen and oxygen atoms in total. The van der Waals surface area contributed by atoms with E-state index in [2.05, 4.69) is 27.6 Å². The molecular formula is C6H3ClINO. The van der Waals surface area contributed by atoms with Crippen molar-refractivity contribution in [1.82, 2.24) is 4.98 Å². The van der Waals surface area contributed by atoms with Gasteiger partial charge in [-0.05, 0) is 46.3 Å². The maximum absolute atomic E-state index is 10.5. The molecule has 0 saturated heterocycles. The molecule has 1 rings (SSSR count). The Morgan fingerprint density at radius 1 is 1.70 bits per heavy atom. The van der Waals surface area contributed by atoms with Gasteiger partial charge in [0.1, 0.15) is 5.69 Å². The van der Waals surface area contributed by atoms with Crippen molar-refractivity contribution in [3.05, 3.63) is 27.6 Å². The number of hydrogen-bond acceptors (Lipinski definition) is 2. The molecule has 0 amide bonds. The largest absolute Gasteiger partial charge is 0.274 e. The lowest BCUT2D eigenvalue weighted by Gasteiger charge is -1.91. The minimum atomic E-state index is -0.515. The summed E-state index contributed by atoms with van der Waals surface area (Å²) >= 11 is 7.26. The third-order valence-electron chi connectivity index (χ3n) is 0.923. The molecule has 0 radical (unpaired) electrons. The second kappa shape index (κ2) is 3.30. The molecule has 0 fully saturated rings. The summed E-state index contributed by atoms with van der Waals surface area (Å²) in [7, 11) is 0. The summed E-state index contributed by atoms with van der Waals surface area (Å²) in [4.78, 5) is 14.2. The van der Waals surface area contributed by atoms with Crippen molar-refractivity contribution in [3.8, 4) is 0 Å². The van der Waals surface area contributed by atoms with E-state index < -0.39 is 5.24 Å². The average molecular weight is 267 g/mol. The SMILES string of the molecule is O=C(Cl)c1cc(I)ccn1. The lowest BCUT2D eigenvalue weighted by Crippen LogP contribution is -1.92. The lowest BCUT2D eigenvalue weighted by molar-refractivity contribution is 0.107. The van der Waals surface area contributed by atoms with E-state index in [0.29, 0.717) is 5.69 Å². The number of aromatic nitrogens is 1. The van der Waals surface area contributed by atoms with Crippen LogP contribution in [0.15, 0.2) is 18.3 Å². The van der Waals surface area contributed by atoms with Gasteiger partial charge in [0.2, 0.25) is 0 Å². The summed E-state index contributed by atoms with van der Waals surface area (Å²) in [5, 5.41) is -0.515. The highest BCUT2D eigenvalue weighted by atomic mass is 127. The van der Waals surface area contributed by atoms with Gasteiger partial charge in [-0.1, -0.05) is 0 Å². The van der Waals surface area contributed by atoms with Gasteiger partial charge >= 0.3 is 0 Å². The molecule has 0 aliphatic carbocycles. The van der Waals surface area contributed by atoms with Gasteiger partial charge < -0.3 is 0 Å². The number of carbonyl (C=O) groups excluding carboxylic acids is 1. The first-order chi connectivity index (χ1) is 4.70. The van der Waals surface area contributed by atoms with E-state index in [1.807, 2.05) is 0 Å². The smallest absolute Gasteiger partial charge is 0.270 e. The van der Waals surface area contributed by atoms with Crippen LogP contribution < -0.4 is 0 Å². The maximum Gasteiger partial charge on any atom is 0.270 e. The van der Waals surface area contributed by atoms with E-state index in [9.17, 15) is 4.79 Å². The van der Waals surface area contributed by atoms with E-state index in [4.69, 9.17) is 11.6 Å². The number of halogens is 2. The molecule has 0 aliphatic rings. The predicted octanol–water partition coefficient (Wildman–Crippen LogP) is 2.07. The van der Waals surface area contributed by atoms with Gasteiger partial charge in [-0.2, -0.15) is 0 Å². The Labute approximate surface area is 76.7 Å². The van der Waals surface area contributed by atoms with Crippen LogP contribution in [-0.2, 0) is 0 Å². The molecule has 4 heteroatoms. The second-order valence-corrected chi connectivity index (χ2v) is 3.22. The number of pyridine rings is 1. The Balaban J connectivity index is 3.07. The maximum atomic E-state index is 10.5. The predicted molar refractivity (Wildman–Crippen MR) is 47.1 cm³/mol. The van der Waals surface area contributed by atoms with E-state index in [-0.39, 0.29) is 0 Å². The summed E-state index contributed by atoms with van der Waals surface area (Å²) < 4.78 is 0.955. The van der Waals surface area contributed by atoms with E-state index in [0.717, 1.165) is 3.57 Å². The van der Waals surface area contributed by atoms with Gasteiger partial charge in [0.05, 0.1) is 0 Å². The molecule has 0 aliphatic heterocycles. The van der Waals surface area contributed by atoms with Crippen molar-refractivity contribution < 1.29 is 4.79 Å². The molecule has 0 spiro atoms. The number of carbonyl (C=O) groups is 1. The summed E-state index contributed by atoms with van der Waals surface area (Å²) in [6.45, 7) is 0. The molecule has 0 atom stereocenters. The summed E-state index contributed by atoms with van der Waals surface area (Å²) in [5.41, 5.74) is 0.300. The molecule has 0 N–H and O–H groups in total. The molecule has 0 aromatic carbocycles. The minimum Gasteiger partial charge on any atom is -0.274 e. The lowest BCUT2D eigenvalue weighted by atomic mass is 10.4. The molecule has 0 saturated carbocycles. The van der Waals surface area contributed by atoms with Crippen molar-refractivity contribution in [1.29, 1.82) is 0 Å². The van der Waals surface area contributed by atoms with E-state index >= 15 is 0 Å². The van der Waals surface area contributed by atoms with Crippen LogP contribution in [0.2, 0.25) is 0 Å². The molecule has 10 heavy (non-hydrogen) atoms. The Morgan fingerprint density at radius 3 is 2.80 bits per heavy atom. The number of hydrogen-bond donors (Lipinski definition) is 0. The third kappa shape index (κ3) is 1.91. The first-order valence-electron chi connectivity index (χ1n) is 2.51. The van der Waals surface area contributed by atoms with Crippen molar-refractivity contribution in [2.75, 3.05) is 0 Å². The summed E-state index contributed by atoms with van der Waals surface area (Å²) in [5.74, 6) is 0. The second-order valence-electron chi connectivity index (χ2n) is 1.63. The van der Waals surface area contributed by atoms with Crippen LogP contribution in [0.4, 0.5) is 0 Å². The summed E-state index contributed by atoms with van der Waals surface area (Å²) in [6, 6.07) is 3.43. The van der Waals surface area contributed by atoms with Crippen LogP contribution in [0.5, 0.6) is 0 Å². The summed E-state index contributed by atoms with van der Waals surface area (Å²) in [6.07, 6.45) is 1.55. The number of rotatable bonds is 1. The fraction of sp³-hybridized carbons (Fsp3) is 0. The van der Waals surface area contributed by atoms with Crippen LogP contribution in [0.1, 0.15) is 10.5 Å². The van der Waals surface area contributed by atoms with Crippen LogP contribution in [-0.4, -0.2) is 10.2 Å². The zero-order valence-corrected chi connectivity index (χ0v) is 7.76. The van der Waals surface area contributed by atoms with Crippen LogP contribution in [0.25, 0.3) is 0 Å². The van der Waals surface area contributed by atoms with Crippen LogP contribution >= 0.6 is 34.2 Å². The normalized spacial score (nSPS) is 9.40. The Kier molecular flexibility index (Phi) is 2.62. The molecular weight excluding hydrogens is 264 g/mol. The van der Waals surface area contributed by atoms with Crippen LogP contribution in [0, 0.1) is 3.57 Å².